The Kier molecular flexibility index (Phi) is 6.20. The standard InChI is InChI=1S/C13H11Cl2NO5/c14-9-2-3-10(15)8(5-9)1-4-11(17)16(6-12(18)19)7-13(20)21/h1-5H,6-7H2,(H,18,19)(H,20,21). The molecule has 6 nitrogen and oxygen atoms in total. The van der Waals surface area contributed by atoms with Gasteiger partial charge in [0.25, 0.3) is 0 Å². The molecule has 0 unspecified atom stereocenters. The molecule has 0 atom stereocenters. The lowest BCUT2D eigenvalue weighted by molar-refractivity contribution is -0.147. The fourth-order valence-corrected chi connectivity index (χ4v) is 1.81. The number of aliphatic carboxylic acids is 2. The molecule has 0 spiro atoms. The van der Waals surface area contributed by atoms with Crippen molar-refractivity contribution in [2.45, 2.75) is 0 Å². The fraction of sp³-hybridized carbons (Fsp3) is 0.154. The molecule has 0 radical (unpaired) electrons. The highest BCUT2D eigenvalue weighted by Gasteiger charge is 2.17. The molecule has 112 valence electrons. The van der Waals surface area contributed by atoms with Gasteiger partial charge in [0, 0.05) is 16.1 Å². The normalized spacial score (nSPS) is 10.6. The molecule has 0 aliphatic rings. The highest BCUT2D eigenvalue weighted by Crippen LogP contribution is 2.21. The van der Waals surface area contributed by atoms with Gasteiger partial charge in [-0.3, -0.25) is 14.4 Å². The predicted molar refractivity (Wildman–Crippen MR) is 77.3 cm³/mol. The summed E-state index contributed by atoms with van der Waals surface area (Å²) in [6.45, 7) is -1.42. The lowest BCUT2D eigenvalue weighted by atomic mass is 10.2. The SMILES string of the molecule is O=C(O)CN(CC(=O)O)C(=O)C=Cc1cc(Cl)ccc1Cl. The second kappa shape index (κ2) is 7.66. The minimum absolute atomic E-state index is 0.353. The van der Waals surface area contributed by atoms with Crippen molar-refractivity contribution < 1.29 is 24.6 Å². The van der Waals surface area contributed by atoms with E-state index in [1.807, 2.05) is 0 Å². The van der Waals surface area contributed by atoms with E-state index >= 15 is 0 Å². The van der Waals surface area contributed by atoms with Gasteiger partial charge in [0.05, 0.1) is 0 Å². The van der Waals surface area contributed by atoms with Gasteiger partial charge < -0.3 is 15.1 Å². The van der Waals surface area contributed by atoms with Gasteiger partial charge in [-0.25, -0.2) is 0 Å². The topological polar surface area (TPSA) is 94.9 Å². The van der Waals surface area contributed by atoms with Crippen molar-refractivity contribution >= 4 is 47.1 Å². The molecular weight excluding hydrogens is 321 g/mol. The molecule has 0 heterocycles. The second-order valence-corrected chi connectivity index (χ2v) is 4.82. The first-order valence-electron chi connectivity index (χ1n) is 5.65. The largest absolute Gasteiger partial charge is 0.480 e. The van der Waals surface area contributed by atoms with Crippen molar-refractivity contribution in [3.05, 3.63) is 39.9 Å². The molecule has 1 amide bonds. The second-order valence-electron chi connectivity index (χ2n) is 3.98. The van der Waals surface area contributed by atoms with Gasteiger partial charge in [0.15, 0.2) is 0 Å². The molecule has 1 rings (SSSR count). The summed E-state index contributed by atoms with van der Waals surface area (Å²) in [4.78, 5) is 33.7. The first kappa shape index (κ1) is 17.0. The van der Waals surface area contributed by atoms with Gasteiger partial charge in [-0.15, -0.1) is 0 Å². The zero-order valence-corrected chi connectivity index (χ0v) is 12.1. The first-order valence-corrected chi connectivity index (χ1v) is 6.41. The van der Waals surface area contributed by atoms with E-state index < -0.39 is 30.9 Å². The summed E-state index contributed by atoms with van der Waals surface area (Å²) in [6, 6.07) is 4.64. The monoisotopic (exact) mass is 331 g/mol. The number of carboxylic acid groups (broad SMARTS) is 2. The molecule has 0 aromatic heterocycles. The van der Waals surface area contributed by atoms with Crippen LogP contribution in [0, 0.1) is 0 Å². The number of hydrogen-bond acceptors (Lipinski definition) is 3. The zero-order valence-electron chi connectivity index (χ0n) is 10.6. The number of carboxylic acids is 2. The van der Waals surface area contributed by atoms with E-state index in [0.717, 1.165) is 6.08 Å². The molecular formula is C13H11Cl2NO5. The lowest BCUT2D eigenvalue weighted by Gasteiger charge is -2.16. The van der Waals surface area contributed by atoms with Crippen LogP contribution in [0.2, 0.25) is 10.0 Å². The number of carbonyl (C=O) groups is 3. The predicted octanol–water partition coefficient (Wildman–Crippen LogP) is 2.00. The van der Waals surface area contributed by atoms with Crippen molar-refractivity contribution in [2.75, 3.05) is 13.1 Å². The molecule has 0 saturated carbocycles. The molecule has 1 aromatic carbocycles. The van der Waals surface area contributed by atoms with Crippen LogP contribution in [0.25, 0.3) is 6.08 Å². The van der Waals surface area contributed by atoms with Gasteiger partial charge in [0.2, 0.25) is 5.91 Å². The van der Waals surface area contributed by atoms with Crippen molar-refractivity contribution in [2.24, 2.45) is 0 Å². The molecule has 2 N–H and O–H groups in total. The number of rotatable bonds is 6. The third-order valence-corrected chi connectivity index (χ3v) is 2.91. The van der Waals surface area contributed by atoms with Crippen LogP contribution < -0.4 is 0 Å². The quantitative estimate of drug-likeness (QED) is 0.777. The van der Waals surface area contributed by atoms with Crippen LogP contribution in [-0.4, -0.2) is 46.0 Å². The maximum atomic E-state index is 11.8. The molecule has 0 aliphatic carbocycles. The van der Waals surface area contributed by atoms with E-state index in [0.29, 0.717) is 20.5 Å². The Morgan fingerprint density at radius 1 is 1.10 bits per heavy atom. The van der Waals surface area contributed by atoms with Crippen molar-refractivity contribution in [1.82, 2.24) is 4.90 Å². The Hall–Kier alpha value is -2.05. The average molecular weight is 332 g/mol. The van der Waals surface area contributed by atoms with Crippen LogP contribution in [0.3, 0.4) is 0 Å². The van der Waals surface area contributed by atoms with Gasteiger partial charge in [-0.2, -0.15) is 0 Å². The number of halogens is 2. The van der Waals surface area contributed by atoms with E-state index in [2.05, 4.69) is 0 Å². The Bertz CT molecular complexity index is 584. The van der Waals surface area contributed by atoms with Gasteiger partial charge in [-0.1, -0.05) is 23.2 Å². The number of nitrogens with zero attached hydrogens (tertiary/aromatic N) is 1. The summed E-state index contributed by atoms with van der Waals surface area (Å²) in [5.41, 5.74) is 0.461. The van der Waals surface area contributed by atoms with Crippen LogP contribution in [0.5, 0.6) is 0 Å². The molecule has 0 aliphatic heterocycles. The fourth-order valence-electron chi connectivity index (χ4n) is 1.45. The summed E-state index contributed by atoms with van der Waals surface area (Å²) in [7, 11) is 0. The van der Waals surface area contributed by atoms with Crippen molar-refractivity contribution in [1.29, 1.82) is 0 Å². The summed E-state index contributed by atoms with van der Waals surface area (Å²) in [6.07, 6.45) is 2.39. The highest BCUT2D eigenvalue weighted by molar-refractivity contribution is 6.34. The van der Waals surface area contributed by atoms with Crippen molar-refractivity contribution in [3.8, 4) is 0 Å². The number of amides is 1. The third kappa shape index (κ3) is 5.85. The molecule has 0 bridgehead atoms. The van der Waals surface area contributed by atoms with E-state index in [4.69, 9.17) is 33.4 Å². The summed E-state index contributed by atoms with van der Waals surface area (Å²) >= 11 is 11.7. The zero-order chi connectivity index (χ0) is 16.0. The Balaban J connectivity index is 2.89. The van der Waals surface area contributed by atoms with Gasteiger partial charge in [0.1, 0.15) is 13.1 Å². The Morgan fingerprint density at radius 2 is 1.67 bits per heavy atom. The summed E-state index contributed by atoms with van der Waals surface area (Å²) in [5.74, 6) is -3.37. The summed E-state index contributed by atoms with van der Waals surface area (Å²) < 4.78 is 0. The van der Waals surface area contributed by atoms with Crippen molar-refractivity contribution in [3.63, 3.8) is 0 Å². The number of carbonyl (C=O) groups excluding carboxylic acids is 1. The van der Waals surface area contributed by atoms with Crippen LogP contribution in [0.4, 0.5) is 0 Å². The molecule has 8 heteroatoms. The number of benzene rings is 1. The Morgan fingerprint density at radius 3 is 2.19 bits per heavy atom. The van der Waals surface area contributed by atoms with Crippen LogP contribution in [0.1, 0.15) is 5.56 Å². The van der Waals surface area contributed by atoms with Crippen LogP contribution in [0.15, 0.2) is 24.3 Å². The smallest absolute Gasteiger partial charge is 0.323 e. The molecule has 0 fully saturated rings. The minimum Gasteiger partial charge on any atom is -0.480 e. The average Bonchev–Trinajstić information content (AvgIpc) is 2.37. The maximum Gasteiger partial charge on any atom is 0.323 e. The summed E-state index contributed by atoms with van der Waals surface area (Å²) in [5, 5.41) is 18.1. The van der Waals surface area contributed by atoms with Gasteiger partial charge >= 0.3 is 11.9 Å². The molecule has 1 aromatic rings. The lowest BCUT2D eigenvalue weighted by Crippen LogP contribution is -2.38. The number of hydrogen-bond donors (Lipinski definition) is 2. The molecule has 21 heavy (non-hydrogen) atoms. The minimum atomic E-state index is -1.31. The first-order chi connectivity index (χ1) is 9.79. The van der Waals surface area contributed by atoms with Crippen LogP contribution in [-0.2, 0) is 14.4 Å². The third-order valence-electron chi connectivity index (χ3n) is 2.33. The highest BCUT2D eigenvalue weighted by atomic mass is 35.5. The maximum absolute atomic E-state index is 11.8. The van der Waals surface area contributed by atoms with Gasteiger partial charge in [-0.05, 0) is 29.8 Å². The van der Waals surface area contributed by atoms with E-state index in [-0.39, 0.29) is 0 Å². The van der Waals surface area contributed by atoms with Crippen LogP contribution >= 0.6 is 23.2 Å². The van der Waals surface area contributed by atoms with E-state index in [9.17, 15) is 14.4 Å². The van der Waals surface area contributed by atoms with E-state index in [1.54, 1.807) is 12.1 Å². The molecule has 0 saturated heterocycles. The Labute approximate surface area is 130 Å². The van der Waals surface area contributed by atoms with E-state index in [1.165, 1.54) is 12.1 Å².